The van der Waals surface area contributed by atoms with E-state index in [1.165, 1.54) is 10.4 Å². The first-order chi connectivity index (χ1) is 8.25. The van der Waals surface area contributed by atoms with Crippen molar-refractivity contribution in [3.8, 4) is 0 Å². The summed E-state index contributed by atoms with van der Waals surface area (Å²) in [5.74, 6) is 1.21. The number of aliphatic hydroxyl groups excluding tert-OH is 1. The van der Waals surface area contributed by atoms with Crippen molar-refractivity contribution in [3.63, 3.8) is 0 Å². The van der Waals surface area contributed by atoms with Gasteiger partial charge in [-0.2, -0.15) is 0 Å². The number of aliphatic hydroxyl groups is 1. The van der Waals surface area contributed by atoms with Gasteiger partial charge in [-0.25, -0.2) is 0 Å². The van der Waals surface area contributed by atoms with Gasteiger partial charge in [-0.1, -0.05) is 0 Å². The molecule has 1 fully saturated rings. The lowest BCUT2D eigenvalue weighted by Crippen LogP contribution is -2.34. The Labute approximate surface area is 109 Å². The van der Waals surface area contributed by atoms with E-state index in [1.54, 1.807) is 23.1 Å². The molecule has 1 N–H and O–H groups in total. The van der Waals surface area contributed by atoms with Crippen LogP contribution >= 0.6 is 23.1 Å². The van der Waals surface area contributed by atoms with Crippen LogP contribution in [0, 0.1) is 0 Å². The van der Waals surface area contributed by atoms with Crippen molar-refractivity contribution in [1.29, 1.82) is 0 Å². The number of likely N-dealkylation sites (tertiary alicyclic amines) is 1. The summed E-state index contributed by atoms with van der Waals surface area (Å²) in [6.07, 6.45) is 1.48. The average Bonchev–Trinajstić information content (AvgIpc) is 2.95. The fourth-order valence-corrected chi connectivity index (χ4v) is 4.83. The minimum Gasteiger partial charge on any atom is -0.391 e. The molecule has 92 valence electrons. The average molecular weight is 269 g/mol. The third-order valence-electron chi connectivity index (χ3n) is 3.38. The van der Waals surface area contributed by atoms with Crippen molar-refractivity contribution < 1.29 is 9.90 Å². The molecule has 0 radical (unpaired) electrons. The third-order valence-corrected chi connectivity index (χ3v) is 5.60. The highest BCUT2D eigenvalue weighted by molar-refractivity contribution is 8.00. The van der Waals surface area contributed by atoms with E-state index in [-0.39, 0.29) is 17.3 Å². The summed E-state index contributed by atoms with van der Waals surface area (Å²) in [4.78, 5) is 15.6. The van der Waals surface area contributed by atoms with Crippen molar-refractivity contribution in [3.05, 3.63) is 21.9 Å². The molecule has 1 aromatic rings. The van der Waals surface area contributed by atoms with Crippen LogP contribution < -0.4 is 0 Å². The highest BCUT2D eigenvalue weighted by Crippen LogP contribution is 2.40. The third kappa shape index (κ3) is 2.11. The standard InChI is InChI=1S/C12H15NO2S2/c14-8-1-4-13(7-8)12(15)11-9-2-5-16-10(9)3-6-17-11/h2,5,8,11,14H,1,3-4,6-7H2/t8-,11?/m0/s1. The van der Waals surface area contributed by atoms with Gasteiger partial charge in [0.15, 0.2) is 0 Å². The zero-order valence-electron chi connectivity index (χ0n) is 9.46. The van der Waals surface area contributed by atoms with Crippen LogP contribution in [0.3, 0.4) is 0 Å². The summed E-state index contributed by atoms with van der Waals surface area (Å²) in [5, 5.41) is 11.6. The number of carbonyl (C=O) groups is 1. The summed E-state index contributed by atoms with van der Waals surface area (Å²) in [5.41, 5.74) is 1.21. The van der Waals surface area contributed by atoms with E-state index in [9.17, 15) is 9.90 Å². The predicted molar refractivity (Wildman–Crippen MR) is 70.4 cm³/mol. The molecular weight excluding hydrogens is 254 g/mol. The summed E-state index contributed by atoms with van der Waals surface area (Å²) >= 11 is 3.50. The van der Waals surface area contributed by atoms with Gasteiger partial charge in [0.2, 0.25) is 5.91 Å². The maximum atomic E-state index is 12.4. The molecule has 0 spiro atoms. The lowest BCUT2D eigenvalue weighted by molar-refractivity contribution is -0.130. The second-order valence-electron chi connectivity index (χ2n) is 4.53. The molecule has 0 bridgehead atoms. The van der Waals surface area contributed by atoms with Crippen LogP contribution in [0.15, 0.2) is 11.4 Å². The van der Waals surface area contributed by atoms with E-state index in [0.29, 0.717) is 13.1 Å². The van der Waals surface area contributed by atoms with Crippen molar-refractivity contribution in [2.24, 2.45) is 0 Å². The summed E-state index contributed by atoms with van der Waals surface area (Å²) < 4.78 is 0. The lowest BCUT2D eigenvalue weighted by Gasteiger charge is -2.26. The molecule has 2 atom stereocenters. The van der Waals surface area contributed by atoms with Crippen LogP contribution in [0.4, 0.5) is 0 Å². The smallest absolute Gasteiger partial charge is 0.240 e. The molecule has 3 rings (SSSR count). The number of thioether (sulfide) groups is 1. The maximum Gasteiger partial charge on any atom is 0.240 e. The normalized spacial score (nSPS) is 28.2. The zero-order valence-corrected chi connectivity index (χ0v) is 11.1. The number of thiophene rings is 1. The van der Waals surface area contributed by atoms with E-state index < -0.39 is 0 Å². The SMILES string of the molecule is O=C(C1SCCc2sccc21)N1CC[C@H](O)C1. The molecule has 5 heteroatoms. The van der Waals surface area contributed by atoms with Gasteiger partial charge in [0, 0.05) is 18.0 Å². The fraction of sp³-hybridized carbons (Fsp3) is 0.583. The Morgan fingerprint density at radius 2 is 2.41 bits per heavy atom. The zero-order chi connectivity index (χ0) is 11.8. The number of nitrogens with zero attached hydrogens (tertiary/aromatic N) is 1. The van der Waals surface area contributed by atoms with Crippen molar-refractivity contribution in [2.75, 3.05) is 18.8 Å². The number of rotatable bonds is 1. The first-order valence-electron chi connectivity index (χ1n) is 5.90. The Morgan fingerprint density at radius 3 is 3.18 bits per heavy atom. The van der Waals surface area contributed by atoms with Crippen LogP contribution in [0.5, 0.6) is 0 Å². The number of β-amino-alcohol motifs (C(OH)–C–C–N with tert-alkyl or cyclic N) is 1. The molecule has 1 aromatic heterocycles. The van der Waals surface area contributed by atoms with Gasteiger partial charge in [-0.3, -0.25) is 4.79 Å². The first kappa shape index (κ1) is 11.6. The minimum atomic E-state index is -0.325. The highest BCUT2D eigenvalue weighted by Gasteiger charge is 2.34. The Balaban J connectivity index is 1.80. The largest absolute Gasteiger partial charge is 0.391 e. The Hall–Kier alpha value is -0.520. The Morgan fingerprint density at radius 1 is 1.53 bits per heavy atom. The molecule has 2 aliphatic rings. The van der Waals surface area contributed by atoms with Gasteiger partial charge >= 0.3 is 0 Å². The van der Waals surface area contributed by atoms with Gasteiger partial charge < -0.3 is 10.0 Å². The fourth-order valence-electron chi connectivity index (χ4n) is 2.46. The molecule has 17 heavy (non-hydrogen) atoms. The molecule has 1 unspecified atom stereocenters. The predicted octanol–water partition coefficient (Wildman–Crippen LogP) is 1.67. The van der Waals surface area contributed by atoms with Gasteiger partial charge in [0.25, 0.3) is 0 Å². The number of aryl methyl sites for hydroxylation is 1. The number of hydrogen-bond donors (Lipinski definition) is 1. The van der Waals surface area contributed by atoms with Gasteiger partial charge in [0.1, 0.15) is 5.25 Å². The molecule has 0 saturated carbocycles. The second-order valence-corrected chi connectivity index (χ2v) is 6.74. The first-order valence-corrected chi connectivity index (χ1v) is 7.83. The van der Waals surface area contributed by atoms with Crippen molar-refractivity contribution in [2.45, 2.75) is 24.2 Å². The quantitative estimate of drug-likeness (QED) is 0.843. The van der Waals surface area contributed by atoms with Gasteiger partial charge in [0.05, 0.1) is 6.10 Å². The van der Waals surface area contributed by atoms with E-state index in [1.807, 2.05) is 4.90 Å². The number of hydrogen-bond acceptors (Lipinski definition) is 4. The Kier molecular flexibility index (Phi) is 3.15. The number of fused-ring (bicyclic) bond motifs is 1. The van der Waals surface area contributed by atoms with Gasteiger partial charge in [-0.15, -0.1) is 23.1 Å². The number of amides is 1. The minimum absolute atomic E-state index is 0.0321. The van der Waals surface area contributed by atoms with Crippen LogP contribution in [0.25, 0.3) is 0 Å². The lowest BCUT2D eigenvalue weighted by atomic mass is 10.1. The molecule has 1 saturated heterocycles. The van der Waals surface area contributed by atoms with Gasteiger partial charge in [-0.05, 0) is 35.6 Å². The van der Waals surface area contributed by atoms with E-state index in [0.717, 1.165) is 18.6 Å². The van der Waals surface area contributed by atoms with Crippen molar-refractivity contribution in [1.82, 2.24) is 4.90 Å². The van der Waals surface area contributed by atoms with Crippen LogP contribution in [-0.4, -0.2) is 40.9 Å². The van der Waals surface area contributed by atoms with Crippen LogP contribution in [-0.2, 0) is 11.2 Å². The molecule has 1 amide bonds. The summed E-state index contributed by atoms with van der Waals surface area (Å²) in [7, 11) is 0. The number of carbonyl (C=O) groups excluding carboxylic acids is 1. The monoisotopic (exact) mass is 269 g/mol. The van der Waals surface area contributed by atoms with E-state index >= 15 is 0 Å². The summed E-state index contributed by atoms with van der Waals surface area (Å²) in [6, 6.07) is 2.08. The second kappa shape index (κ2) is 4.63. The van der Waals surface area contributed by atoms with Crippen LogP contribution in [0.2, 0.25) is 0 Å². The maximum absolute atomic E-state index is 12.4. The van der Waals surface area contributed by atoms with Crippen LogP contribution in [0.1, 0.15) is 22.1 Å². The molecule has 3 heterocycles. The summed E-state index contributed by atoms with van der Waals surface area (Å²) in [6.45, 7) is 1.21. The highest BCUT2D eigenvalue weighted by atomic mass is 32.2. The van der Waals surface area contributed by atoms with E-state index in [4.69, 9.17) is 0 Å². The molecule has 3 nitrogen and oxygen atoms in total. The molecule has 0 aliphatic carbocycles. The Bertz CT molecular complexity index is 432. The topological polar surface area (TPSA) is 40.5 Å². The molecule has 2 aliphatic heterocycles. The van der Waals surface area contributed by atoms with E-state index in [2.05, 4.69) is 11.4 Å². The molecule has 0 aromatic carbocycles. The molecular formula is C12H15NO2S2. The van der Waals surface area contributed by atoms with Crippen molar-refractivity contribution >= 4 is 29.0 Å².